The molecule has 3 nitrogen and oxygen atoms in total. The zero-order chi connectivity index (χ0) is 20.1. The van der Waals surface area contributed by atoms with E-state index in [1.54, 1.807) is 0 Å². The van der Waals surface area contributed by atoms with E-state index in [0.29, 0.717) is 12.1 Å². The Bertz CT molecular complexity index is 1030. The van der Waals surface area contributed by atoms with Crippen LogP contribution in [0.2, 0.25) is 10.0 Å². The van der Waals surface area contributed by atoms with Crippen LogP contribution in [-0.4, -0.2) is 21.7 Å². The average Bonchev–Trinajstić information content (AvgIpc) is 2.91. The van der Waals surface area contributed by atoms with Crippen LogP contribution in [0.25, 0.3) is 16.6 Å². The quantitative estimate of drug-likeness (QED) is 0.366. The van der Waals surface area contributed by atoms with E-state index in [1.165, 1.54) is 24.3 Å². The second kappa shape index (κ2) is 6.42. The Labute approximate surface area is 157 Å². The molecule has 0 aliphatic heterocycles. The second-order valence-electron chi connectivity index (χ2n) is 5.39. The summed E-state index contributed by atoms with van der Waals surface area (Å²) >= 11 is 11.8. The maximum Gasteiger partial charge on any atom is 0.456 e. The van der Waals surface area contributed by atoms with Crippen LogP contribution in [0, 0.1) is 0 Å². The maximum absolute atomic E-state index is 12.9. The molecule has 0 amide bonds. The fraction of sp³-hybridized carbons (Fsp3) is 0.125. The van der Waals surface area contributed by atoms with E-state index in [1.807, 2.05) is 0 Å². The first-order valence-electron chi connectivity index (χ1n) is 7.07. The Hall–Kier alpha value is -2.26. The summed E-state index contributed by atoms with van der Waals surface area (Å²) in [5.41, 5.74) is -2.30. The van der Waals surface area contributed by atoms with E-state index in [-0.39, 0.29) is 16.6 Å². The SMILES string of the molecule is O=C(c1nn(-c2c(Cl)cc(C(F)(F)F)cc2Cl)c2ccccc12)C(F)(F)F. The standard InChI is InChI=1S/C16H6Cl2F6N2O/c17-9-5-7(15(19,20)21)6-10(18)13(9)26-11-4-2-1-3-8(11)12(25-26)14(27)16(22,23)24/h1-6H. The molecular formula is C16H6Cl2F6N2O. The van der Waals surface area contributed by atoms with Gasteiger partial charge >= 0.3 is 12.4 Å². The Kier molecular flexibility index (Phi) is 4.63. The number of fused-ring (bicyclic) bond motifs is 1. The summed E-state index contributed by atoms with van der Waals surface area (Å²) in [5.74, 6) is -2.20. The number of carbonyl (C=O) groups is 1. The number of halogens is 8. The number of hydrogen-bond acceptors (Lipinski definition) is 2. The highest BCUT2D eigenvalue weighted by Crippen LogP contribution is 2.39. The van der Waals surface area contributed by atoms with Crippen molar-refractivity contribution < 1.29 is 31.1 Å². The van der Waals surface area contributed by atoms with Crippen LogP contribution in [0.15, 0.2) is 36.4 Å². The van der Waals surface area contributed by atoms with Gasteiger partial charge < -0.3 is 0 Å². The van der Waals surface area contributed by atoms with Crippen molar-refractivity contribution in [3.8, 4) is 5.69 Å². The van der Waals surface area contributed by atoms with E-state index in [0.717, 1.165) is 4.68 Å². The smallest absolute Gasteiger partial charge is 0.282 e. The average molecular weight is 427 g/mol. The molecule has 0 aliphatic rings. The molecule has 0 bridgehead atoms. The fourth-order valence-electron chi connectivity index (χ4n) is 2.47. The predicted octanol–water partition coefficient (Wildman–Crippen LogP) is 6.10. The number of hydrogen-bond donors (Lipinski definition) is 0. The zero-order valence-corrected chi connectivity index (χ0v) is 14.3. The van der Waals surface area contributed by atoms with E-state index in [4.69, 9.17) is 23.2 Å². The van der Waals surface area contributed by atoms with Crippen molar-refractivity contribution in [1.29, 1.82) is 0 Å². The van der Waals surface area contributed by atoms with Gasteiger partial charge in [-0.1, -0.05) is 41.4 Å². The molecule has 0 fully saturated rings. The van der Waals surface area contributed by atoms with Gasteiger partial charge in [0.1, 0.15) is 11.4 Å². The molecule has 3 rings (SSSR count). The molecule has 0 atom stereocenters. The summed E-state index contributed by atoms with van der Waals surface area (Å²) in [4.78, 5) is 11.7. The maximum atomic E-state index is 12.9. The van der Waals surface area contributed by atoms with Crippen molar-refractivity contribution in [2.75, 3.05) is 0 Å². The highest BCUT2D eigenvalue weighted by molar-refractivity contribution is 6.38. The summed E-state index contributed by atoms with van der Waals surface area (Å²) in [7, 11) is 0. The molecule has 2 aromatic carbocycles. The summed E-state index contributed by atoms with van der Waals surface area (Å²) in [5, 5.41) is 2.51. The van der Waals surface area contributed by atoms with Gasteiger partial charge in [0, 0.05) is 5.39 Å². The van der Waals surface area contributed by atoms with Gasteiger partial charge in [0.25, 0.3) is 5.78 Å². The van der Waals surface area contributed by atoms with Crippen molar-refractivity contribution in [3.05, 3.63) is 57.7 Å². The lowest BCUT2D eigenvalue weighted by Gasteiger charge is -2.13. The molecule has 142 valence electrons. The largest absolute Gasteiger partial charge is 0.456 e. The monoisotopic (exact) mass is 426 g/mol. The third-order valence-electron chi connectivity index (χ3n) is 3.62. The first kappa shape index (κ1) is 19.5. The number of Topliss-reactive ketones (excluding diaryl/α,β-unsaturated/α-hetero) is 1. The van der Waals surface area contributed by atoms with Crippen molar-refractivity contribution >= 4 is 39.9 Å². The van der Waals surface area contributed by atoms with Crippen LogP contribution < -0.4 is 0 Å². The van der Waals surface area contributed by atoms with Gasteiger partial charge in [-0.05, 0) is 18.2 Å². The van der Waals surface area contributed by atoms with Gasteiger partial charge in [-0.25, -0.2) is 4.68 Å². The summed E-state index contributed by atoms with van der Waals surface area (Å²) < 4.78 is 77.9. The number of nitrogens with zero attached hydrogens (tertiary/aromatic N) is 2. The van der Waals surface area contributed by atoms with Crippen LogP contribution in [0.1, 0.15) is 16.1 Å². The number of benzene rings is 2. The molecule has 0 spiro atoms. The van der Waals surface area contributed by atoms with E-state index >= 15 is 0 Å². The molecule has 0 radical (unpaired) electrons. The van der Waals surface area contributed by atoms with Gasteiger partial charge in [0.15, 0.2) is 0 Å². The lowest BCUT2D eigenvalue weighted by Crippen LogP contribution is -2.23. The third kappa shape index (κ3) is 3.49. The zero-order valence-electron chi connectivity index (χ0n) is 12.8. The molecule has 0 unspecified atom stereocenters. The fourth-order valence-corrected chi connectivity index (χ4v) is 3.12. The van der Waals surface area contributed by atoms with E-state index < -0.39 is 39.4 Å². The van der Waals surface area contributed by atoms with Crippen LogP contribution in [-0.2, 0) is 6.18 Å². The van der Waals surface area contributed by atoms with Gasteiger partial charge in [-0.3, -0.25) is 4.79 Å². The predicted molar refractivity (Wildman–Crippen MR) is 86.5 cm³/mol. The summed E-state index contributed by atoms with van der Waals surface area (Å²) in [6.07, 6.45) is -9.91. The van der Waals surface area contributed by atoms with E-state index in [2.05, 4.69) is 5.10 Å². The van der Waals surface area contributed by atoms with Gasteiger partial charge in [0.2, 0.25) is 0 Å². The Morgan fingerprint density at radius 2 is 1.52 bits per heavy atom. The minimum Gasteiger partial charge on any atom is -0.282 e. The van der Waals surface area contributed by atoms with Gasteiger partial charge in [-0.15, -0.1) is 0 Å². The van der Waals surface area contributed by atoms with Crippen LogP contribution >= 0.6 is 23.2 Å². The highest BCUT2D eigenvalue weighted by atomic mass is 35.5. The molecule has 1 heterocycles. The number of rotatable bonds is 2. The van der Waals surface area contributed by atoms with Crippen LogP contribution in [0.5, 0.6) is 0 Å². The molecule has 0 saturated carbocycles. The molecule has 1 aromatic heterocycles. The Morgan fingerprint density at radius 1 is 0.963 bits per heavy atom. The number of alkyl halides is 6. The molecular weight excluding hydrogens is 421 g/mol. The Morgan fingerprint density at radius 3 is 2.04 bits per heavy atom. The lowest BCUT2D eigenvalue weighted by molar-refractivity contribution is -0.137. The second-order valence-corrected chi connectivity index (χ2v) is 6.21. The molecule has 0 aliphatic carbocycles. The van der Waals surface area contributed by atoms with Crippen molar-refractivity contribution in [2.24, 2.45) is 0 Å². The third-order valence-corrected chi connectivity index (χ3v) is 4.19. The van der Waals surface area contributed by atoms with Crippen molar-refractivity contribution in [2.45, 2.75) is 12.4 Å². The number of aromatic nitrogens is 2. The summed E-state index contributed by atoms with van der Waals surface area (Å²) in [6.45, 7) is 0. The van der Waals surface area contributed by atoms with Crippen molar-refractivity contribution in [3.63, 3.8) is 0 Å². The highest BCUT2D eigenvalue weighted by Gasteiger charge is 2.42. The lowest BCUT2D eigenvalue weighted by atomic mass is 10.1. The first-order chi connectivity index (χ1) is 12.4. The summed E-state index contributed by atoms with van der Waals surface area (Å²) in [6, 6.07) is 6.55. The topological polar surface area (TPSA) is 34.9 Å². The number of carbonyl (C=O) groups excluding carboxylic acids is 1. The molecule has 0 N–H and O–H groups in total. The minimum atomic E-state index is -5.18. The molecule has 27 heavy (non-hydrogen) atoms. The first-order valence-corrected chi connectivity index (χ1v) is 7.82. The van der Waals surface area contributed by atoms with Gasteiger partial charge in [-0.2, -0.15) is 31.4 Å². The van der Waals surface area contributed by atoms with Crippen LogP contribution in [0.3, 0.4) is 0 Å². The number of para-hydroxylation sites is 1. The molecule has 3 aromatic rings. The van der Waals surface area contributed by atoms with Crippen LogP contribution in [0.4, 0.5) is 26.3 Å². The number of ketones is 1. The molecule has 0 saturated heterocycles. The normalized spacial score (nSPS) is 12.6. The minimum absolute atomic E-state index is 0.0219. The van der Waals surface area contributed by atoms with E-state index in [9.17, 15) is 31.1 Å². The molecule has 11 heteroatoms. The van der Waals surface area contributed by atoms with Crippen molar-refractivity contribution in [1.82, 2.24) is 9.78 Å². The van der Waals surface area contributed by atoms with Gasteiger partial charge in [0.05, 0.1) is 21.1 Å². The Balaban J connectivity index is 2.30.